The molecular weight excluding hydrogens is 248 g/mol. The molecule has 0 saturated heterocycles. The summed E-state index contributed by atoms with van der Waals surface area (Å²) in [6, 6.07) is 5.69. The van der Waals surface area contributed by atoms with E-state index in [1.807, 2.05) is 30.6 Å². The monoisotopic (exact) mass is 260 g/mol. The average molecular weight is 260 g/mol. The van der Waals surface area contributed by atoms with Crippen LogP contribution in [0.2, 0.25) is 0 Å². The van der Waals surface area contributed by atoms with Gasteiger partial charge in [-0.2, -0.15) is 5.26 Å². The van der Waals surface area contributed by atoms with Crippen molar-refractivity contribution in [3.05, 3.63) is 29.3 Å². The molecule has 18 heavy (non-hydrogen) atoms. The summed E-state index contributed by atoms with van der Waals surface area (Å²) < 4.78 is 0. The fraction of sp³-hybridized carbons (Fsp3) is 0.250. The Morgan fingerprint density at radius 2 is 2.44 bits per heavy atom. The van der Waals surface area contributed by atoms with Crippen LogP contribution in [0.4, 0.5) is 5.69 Å². The molecule has 0 spiro atoms. The number of rotatable bonds is 1. The zero-order valence-corrected chi connectivity index (χ0v) is 10.7. The van der Waals surface area contributed by atoms with Crippen LogP contribution in [0.25, 0.3) is 0 Å². The van der Waals surface area contributed by atoms with Gasteiger partial charge in [0.2, 0.25) is 5.91 Å². The topological polar surface area (TPSA) is 77.3 Å². The second kappa shape index (κ2) is 5.56. The van der Waals surface area contributed by atoms with Crippen LogP contribution in [0.1, 0.15) is 11.1 Å². The summed E-state index contributed by atoms with van der Waals surface area (Å²) in [6.07, 6.45) is 4.09. The molecule has 6 heteroatoms. The van der Waals surface area contributed by atoms with Gasteiger partial charge >= 0.3 is 0 Å². The van der Waals surface area contributed by atoms with Crippen molar-refractivity contribution in [2.24, 2.45) is 4.99 Å². The SMILES string of the molecule is CSC(=Nc1cccc2c1CNC(=O)C2)NC#N. The molecule has 1 aromatic carbocycles. The number of carbonyl (C=O) groups is 1. The van der Waals surface area contributed by atoms with Gasteiger partial charge in [0.15, 0.2) is 11.4 Å². The number of nitrogens with zero attached hydrogens (tertiary/aromatic N) is 2. The molecule has 1 heterocycles. The van der Waals surface area contributed by atoms with Gasteiger partial charge in [-0.15, -0.1) is 0 Å². The third-order valence-electron chi connectivity index (χ3n) is 2.64. The minimum atomic E-state index is 0.0314. The van der Waals surface area contributed by atoms with Gasteiger partial charge in [-0.25, -0.2) is 4.99 Å². The lowest BCUT2D eigenvalue weighted by molar-refractivity contribution is -0.121. The van der Waals surface area contributed by atoms with Gasteiger partial charge in [-0.1, -0.05) is 23.9 Å². The molecule has 2 N–H and O–H groups in total. The number of amidine groups is 1. The van der Waals surface area contributed by atoms with E-state index in [4.69, 9.17) is 5.26 Å². The van der Waals surface area contributed by atoms with E-state index in [0.717, 1.165) is 16.8 Å². The largest absolute Gasteiger partial charge is 0.352 e. The highest BCUT2D eigenvalue weighted by Gasteiger charge is 2.17. The van der Waals surface area contributed by atoms with E-state index in [2.05, 4.69) is 15.6 Å². The normalized spacial score (nSPS) is 14.4. The first kappa shape index (κ1) is 12.5. The molecule has 1 amide bonds. The first-order valence-electron chi connectivity index (χ1n) is 5.40. The van der Waals surface area contributed by atoms with Gasteiger partial charge in [-0.05, 0) is 17.9 Å². The van der Waals surface area contributed by atoms with Crippen LogP contribution < -0.4 is 10.6 Å². The van der Waals surface area contributed by atoms with Crippen LogP contribution in [-0.2, 0) is 17.8 Å². The quantitative estimate of drug-likeness (QED) is 0.345. The van der Waals surface area contributed by atoms with Crippen LogP contribution in [0.5, 0.6) is 0 Å². The van der Waals surface area contributed by atoms with Gasteiger partial charge in [0.1, 0.15) is 0 Å². The van der Waals surface area contributed by atoms with Crippen molar-refractivity contribution in [2.45, 2.75) is 13.0 Å². The van der Waals surface area contributed by atoms with Gasteiger partial charge in [0.25, 0.3) is 0 Å². The van der Waals surface area contributed by atoms with Crippen LogP contribution in [0.3, 0.4) is 0 Å². The summed E-state index contributed by atoms with van der Waals surface area (Å²) >= 11 is 1.37. The number of nitriles is 1. The predicted molar refractivity (Wildman–Crippen MR) is 71.4 cm³/mol. The van der Waals surface area contributed by atoms with Gasteiger partial charge in [0.05, 0.1) is 12.1 Å². The number of nitrogens with one attached hydrogen (secondary N) is 2. The Kier molecular flexibility index (Phi) is 3.85. The Hall–Kier alpha value is -2.00. The number of benzene rings is 1. The molecule has 0 unspecified atom stereocenters. The van der Waals surface area contributed by atoms with E-state index in [1.165, 1.54) is 11.8 Å². The number of amides is 1. The van der Waals surface area contributed by atoms with Crippen molar-refractivity contribution < 1.29 is 4.79 Å². The molecule has 0 aliphatic carbocycles. The molecule has 5 nitrogen and oxygen atoms in total. The van der Waals surface area contributed by atoms with E-state index in [9.17, 15) is 4.79 Å². The molecule has 0 atom stereocenters. The number of aliphatic imine (C=N–C) groups is 1. The first-order valence-corrected chi connectivity index (χ1v) is 6.62. The Morgan fingerprint density at radius 1 is 1.61 bits per heavy atom. The maximum absolute atomic E-state index is 11.3. The molecule has 0 saturated carbocycles. The van der Waals surface area contributed by atoms with E-state index in [1.54, 1.807) is 0 Å². The summed E-state index contributed by atoms with van der Waals surface area (Å²) in [5.41, 5.74) is 2.81. The van der Waals surface area contributed by atoms with E-state index < -0.39 is 0 Å². The molecule has 0 aromatic heterocycles. The van der Waals surface area contributed by atoms with Gasteiger partial charge in [0, 0.05) is 12.1 Å². The Labute approximate surface area is 109 Å². The summed E-state index contributed by atoms with van der Waals surface area (Å²) in [7, 11) is 0. The van der Waals surface area contributed by atoms with Crippen LogP contribution >= 0.6 is 11.8 Å². The molecular formula is C12H12N4OS. The zero-order chi connectivity index (χ0) is 13.0. The van der Waals surface area contributed by atoms with Gasteiger partial charge in [-0.3, -0.25) is 10.1 Å². The number of hydrogen-bond acceptors (Lipinski definition) is 4. The minimum absolute atomic E-state index is 0.0314. The summed E-state index contributed by atoms with van der Waals surface area (Å²) in [5.74, 6) is 0.0314. The first-order chi connectivity index (χ1) is 8.74. The highest BCUT2D eigenvalue weighted by atomic mass is 32.2. The predicted octanol–water partition coefficient (Wildman–Crippen LogP) is 1.28. The molecule has 0 bridgehead atoms. The number of thioether (sulfide) groups is 1. The standard InChI is InChI=1S/C12H12N4OS/c1-18-12(15-7-13)16-10-4-2-3-8-5-11(17)14-6-9(8)10/h2-4H,5-6H2,1H3,(H,14,17)(H,15,16). The lowest BCUT2D eigenvalue weighted by atomic mass is 9.99. The zero-order valence-electron chi connectivity index (χ0n) is 9.86. The lowest BCUT2D eigenvalue weighted by Gasteiger charge is -2.18. The maximum Gasteiger partial charge on any atom is 0.224 e. The second-order valence-electron chi connectivity index (χ2n) is 3.73. The molecule has 0 fully saturated rings. The molecule has 1 aliphatic heterocycles. The smallest absolute Gasteiger partial charge is 0.224 e. The van der Waals surface area contributed by atoms with Crippen LogP contribution in [0, 0.1) is 11.5 Å². The molecule has 1 aromatic rings. The Bertz CT molecular complexity index is 547. The Morgan fingerprint density at radius 3 is 3.17 bits per heavy atom. The third-order valence-corrected chi connectivity index (χ3v) is 3.22. The van der Waals surface area contributed by atoms with Crippen molar-refractivity contribution in [2.75, 3.05) is 6.26 Å². The van der Waals surface area contributed by atoms with Crippen LogP contribution in [0.15, 0.2) is 23.2 Å². The third kappa shape index (κ3) is 2.63. The van der Waals surface area contributed by atoms with E-state index in [0.29, 0.717) is 18.1 Å². The number of hydrogen-bond donors (Lipinski definition) is 2. The lowest BCUT2D eigenvalue weighted by Crippen LogP contribution is -2.30. The second-order valence-corrected chi connectivity index (χ2v) is 4.52. The minimum Gasteiger partial charge on any atom is -0.352 e. The van der Waals surface area contributed by atoms with Crippen LogP contribution in [-0.4, -0.2) is 17.3 Å². The fourth-order valence-electron chi connectivity index (χ4n) is 1.80. The van der Waals surface area contributed by atoms with Crippen molar-refractivity contribution in [1.29, 1.82) is 5.26 Å². The molecule has 0 radical (unpaired) electrons. The summed E-state index contributed by atoms with van der Waals surface area (Å²) in [5, 5.41) is 14.5. The molecule has 1 aliphatic rings. The summed E-state index contributed by atoms with van der Waals surface area (Å²) in [6.45, 7) is 0.488. The molecule has 92 valence electrons. The number of fused-ring (bicyclic) bond motifs is 1. The highest BCUT2D eigenvalue weighted by Crippen LogP contribution is 2.26. The van der Waals surface area contributed by atoms with E-state index >= 15 is 0 Å². The maximum atomic E-state index is 11.3. The van der Waals surface area contributed by atoms with Crippen molar-refractivity contribution in [3.63, 3.8) is 0 Å². The van der Waals surface area contributed by atoms with Crippen molar-refractivity contribution in [3.8, 4) is 6.19 Å². The van der Waals surface area contributed by atoms with Gasteiger partial charge < -0.3 is 5.32 Å². The highest BCUT2D eigenvalue weighted by molar-refractivity contribution is 8.13. The average Bonchev–Trinajstić information content (AvgIpc) is 2.38. The fourth-order valence-corrected chi connectivity index (χ4v) is 2.14. The molecule has 2 rings (SSSR count). The van der Waals surface area contributed by atoms with Crippen molar-refractivity contribution in [1.82, 2.24) is 10.6 Å². The Balaban J connectivity index is 2.38. The van der Waals surface area contributed by atoms with E-state index in [-0.39, 0.29) is 5.91 Å². The number of carbonyl (C=O) groups excluding carboxylic acids is 1. The van der Waals surface area contributed by atoms with Crippen molar-refractivity contribution >= 4 is 28.5 Å². The summed E-state index contributed by atoms with van der Waals surface area (Å²) in [4.78, 5) is 15.7.